The maximum Gasteiger partial charge on any atom is 0.422 e. The molecule has 0 radical (unpaired) electrons. The number of rotatable bonds is 5. The molecule has 11 heteroatoms. The summed E-state index contributed by atoms with van der Waals surface area (Å²) in [7, 11) is 0. The average Bonchev–Trinajstić information content (AvgIpc) is 3.50. The number of fused-ring (bicyclic) bond motifs is 1. The van der Waals surface area contributed by atoms with Gasteiger partial charge in [0.1, 0.15) is 29.7 Å². The molecule has 1 fully saturated rings. The van der Waals surface area contributed by atoms with Crippen LogP contribution in [-0.2, 0) is 6.18 Å². The number of halogens is 3. The Labute approximate surface area is 203 Å². The zero-order valence-corrected chi connectivity index (χ0v) is 18.8. The zero-order valence-electron chi connectivity index (χ0n) is 18.8. The Morgan fingerprint density at radius 2 is 1.78 bits per heavy atom. The molecule has 2 N–H and O–H groups in total. The van der Waals surface area contributed by atoms with E-state index in [2.05, 4.69) is 20.6 Å². The molecule has 8 nitrogen and oxygen atoms in total. The lowest BCUT2D eigenvalue weighted by Crippen LogP contribution is -2.49. The van der Waals surface area contributed by atoms with Gasteiger partial charge < -0.3 is 24.2 Å². The summed E-state index contributed by atoms with van der Waals surface area (Å²) in [5, 5.41) is 21.7. The van der Waals surface area contributed by atoms with Crippen LogP contribution >= 0.6 is 0 Å². The van der Waals surface area contributed by atoms with Crippen LogP contribution in [0.25, 0.3) is 34.3 Å². The van der Waals surface area contributed by atoms with Crippen molar-refractivity contribution in [1.82, 2.24) is 20.6 Å². The van der Waals surface area contributed by atoms with E-state index in [4.69, 9.17) is 13.8 Å². The number of hydrogen-bond donors (Lipinski definition) is 2. The summed E-state index contributed by atoms with van der Waals surface area (Å²) < 4.78 is 58.0. The molecule has 36 heavy (non-hydrogen) atoms. The molecule has 1 aliphatic carbocycles. The Bertz CT molecular complexity index is 1380. The van der Waals surface area contributed by atoms with Gasteiger partial charge in [0, 0.05) is 22.7 Å². The van der Waals surface area contributed by atoms with E-state index in [-0.39, 0.29) is 23.1 Å². The van der Waals surface area contributed by atoms with Crippen molar-refractivity contribution in [2.75, 3.05) is 6.61 Å². The SMILES string of the molecule is O[C@@H]1c2ccc(-c3noc(-c4onc(-c5ccccc5)c4C(F)(F)F)n3)cc2OC[C@@H]1NC1CCC1. The highest BCUT2D eigenvalue weighted by molar-refractivity contribution is 5.71. The minimum absolute atomic E-state index is 0.0476. The maximum absolute atomic E-state index is 14.0. The van der Waals surface area contributed by atoms with Gasteiger partial charge in [-0.05, 0) is 18.9 Å². The standard InChI is InChI=1S/C25H21F3N4O4/c26-25(27,28)19-20(13-5-2-1-3-6-13)31-35-22(19)24-30-23(32-36-24)14-9-10-16-18(11-14)34-12-17(21(16)33)29-15-7-4-8-15/h1-3,5-6,9-11,15,17,21,29,33H,4,7-8,12H2/t17-,21+/m0/s1. The lowest BCUT2D eigenvalue weighted by molar-refractivity contribution is -0.136. The van der Waals surface area contributed by atoms with Crippen LogP contribution in [0.5, 0.6) is 5.75 Å². The molecule has 186 valence electrons. The van der Waals surface area contributed by atoms with Gasteiger partial charge in [-0.15, -0.1) is 0 Å². The number of nitrogens with one attached hydrogen (secondary N) is 1. The highest BCUT2D eigenvalue weighted by atomic mass is 19.4. The van der Waals surface area contributed by atoms with E-state index >= 15 is 0 Å². The second-order valence-corrected chi connectivity index (χ2v) is 8.93. The minimum Gasteiger partial charge on any atom is -0.491 e. The fourth-order valence-electron chi connectivity index (χ4n) is 4.47. The molecular formula is C25H21F3N4O4. The third-order valence-electron chi connectivity index (χ3n) is 6.59. The van der Waals surface area contributed by atoms with Crippen molar-refractivity contribution in [2.45, 2.75) is 43.6 Å². The summed E-state index contributed by atoms with van der Waals surface area (Å²) in [5.41, 5.74) is -0.134. The van der Waals surface area contributed by atoms with E-state index in [0.29, 0.717) is 29.5 Å². The number of aromatic nitrogens is 3. The molecule has 3 heterocycles. The Morgan fingerprint density at radius 1 is 0.972 bits per heavy atom. The monoisotopic (exact) mass is 498 g/mol. The number of nitrogens with zero attached hydrogens (tertiary/aromatic N) is 3. The Balaban J connectivity index is 1.30. The third-order valence-corrected chi connectivity index (χ3v) is 6.59. The first-order chi connectivity index (χ1) is 17.4. The number of hydrogen-bond acceptors (Lipinski definition) is 8. The van der Waals surface area contributed by atoms with Crippen molar-refractivity contribution >= 4 is 0 Å². The van der Waals surface area contributed by atoms with Crippen molar-refractivity contribution in [2.24, 2.45) is 0 Å². The number of alkyl halides is 3. The highest BCUT2D eigenvalue weighted by Crippen LogP contribution is 2.43. The summed E-state index contributed by atoms with van der Waals surface area (Å²) in [6.45, 7) is 0.293. The van der Waals surface area contributed by atoms with Gasteiger partial charge in [-0.3, -0.25) is 0 Å². The van der Waals surface area contributed by atoms with Gasteiger partial charge in [0.15, 0.2) is 0 Å². The molecule has 0 bridgehead atoms. The molecule has 0 amide bonds. The molecule has 4 aromatic rings. The molecular weight excluding hydrogens is 477 g/mol. The summed E-state index contributed by atoms with van der Waals surface area (Å²) >= 11 is 0. The molecule has 0 unspecified atom stereocenters. The van der Waals surface area contributed by atoms with Crippen molar-refractivity contribution in [3.8, 4) is 40.0 Å². The quantitative estimate of drug-likeness (QED) is 0.395. The lowest BCUT2D eigenvalue weighted by atomic mass is 9.90. The largest absolute Gasteiger partial charge is 0.491 e. The van der Waals surface area contributed by atoms with E-state index in [1.54, 1.807) is 36.4 Å². The van der Waals surface area contributed by atoms with Gasteiger partial charge in [0.25, 0.3) is 5.89 Å². The molecule has 1 saturated carbocycles. The Kier molecular flexibility index (Phi) is 5.53. The number of aliphatic hydroxyl groups is 1. The third kappa shape index (κ3) is 4.03. The van der Waals surface area contributed by atoms with E-state index < -0.39 is 29.5 Å². The van der Waals surface area contributed by atoms with Gasteiger partial charge in [0.2, 0.25) is 11.6 Å². The first-order valence-corrected chi connectivity index (χ1v) is 11.6. The normalized spacial score (nSPS) is 20.0. The molecule has 6 rings (SSSR count). The number of aliphatic hydroxyl groups excluding tert-OH is 1. The minimum atomic E-state index is -4.77. The van der Waals surface area contributed by atoms with E-state index in [0.717, 1.165) is 12.8 Å². The lowest BCUT2D eigenvalue weighted by Gasteiger charge is -2.36. The van der Waals surface area contributed by atoms with Crippen LogP contribution in [0.15, 0.2) is 57.6 Å². The van der Waals surface area contributed by atoms with Gasteiger partial charge in [-0.1, -0.05) is 59.2 Å². The Morgan fingerprint density at radius 3 is 2.50 bits per heavy atom. The fourth-order valence-corrected chi connectivity index (χ4v) is 4.47. The van der Waals surface area contributed by atoms with Gasteiger partial charge in [0.05, 0.1) is 6.04 Å². The van der Waals surface area contributed by atoms with E-state index in [1.165, 1.54) is 18.6 Å². The van der Waals surface area contributed by atoms with Gasteiger partial charge in [-0.25, -0.2) is 0 Å². The first-order valence-electron chi connectivity index (χ1n) is 11.6. The summed E-state index contributed by atoms with van der Waals surface area (Å²) in [4.78, 5) is 4.13. The molecule has 0 saturated heterocycles. The number of benzene rings is 2. The van der Waals surface area contributed by atoms with Crippen LogP contribution in [-0.4, -0.2) is 39.1 Å². The fraction of sp³-hybridized carbons (Fsp3) is 0.320. The molecule has 1 aliphatic heterocycles. The van der Waals surface area contributed by atoms with Crippen molar-refractivity contribution in [1.29, 1.82) is 0 Å². The van der Waals surface area contributed by atoms with Crippen molar-refractivity contribution in [3.63, 3.8) is 0 Å². The Hall–Kier alpha value is -3.70. The smallest absolute Gasteiger partial charge is 0.422 e. The molecule has 2 aromatic carbocycles. The van der Waals surface area contributed by atoms with E-state index in [9.17, 15) is 18.3 Å². The van der Waals surface area contributed by atoms with Crippen molar-refractivity contribution < 1.29 is 32.1 Å². The molecule has 2 atom stereocenters. The molecule has 2 aliphatic rings. The van der Waals surface area contributed by atoms with Gasteiger partial charge in [-0.2, -0.15) is 18.2 Å². The highest BCUT2D eigenvalue weighted by Gasteiger charge is 2.43. The maximum atomic E-state index is 14.0. The topological polar surface area (TPSA) is 106 Å². The summed E-state index contributed by atoms with van der Waals surface area (Å²) in [6.07, 6.45) is -2.16. The van der Waals surface area contributed by atoms with E-state index in [1.807, 2.05) is 0 Å². The average molecular weight is 498 g/mol. The first kappa shape index (κ1) is 22.7. The van der Waals surface area contributed by atoms with Crippen LogP contribution in [0.2, 0.25) is 0 Å². The molecule has 2 aromatic heterocycles. The summed E-state index contributed by atoms with van der Waals surface area (Å²) in [6, 6.07) is 13.1. The van der Waals surface area contributed by atoms with Gasteiger partial charge >= 0.3 is 6.18 Å². The van der Waals surface area contributed by atoms with Crippen molar-refractivity contribution in [3.05, 3.63) is 59.7 Å². The van der Waals surface area contributed by atoms with Crippen LogP contribution in [0.4, 0.5) is 13.2 Å². The van der Waals surface area contributed by atoms with Crippen LogP contribution in [0.1, 0.15) is 36.5 Å². The number of ether oxygens (including phenoxy) is 1. The van der Waals surface area contributed by atoms with Crippen LogP contribution < -0.4 is 10.1 Å². The summed E-state index contributed by atoms with van der Waals surface area (Å²) in [5.74, 6) is -0.600. The second-order valence-electron chi connectivity index (χ2n) is 8.93. The second kappa shape index (κ2) is 8.75. The van der Waals surface area contributed by atoms with Crippen LogP contribution in [0, 0.1) is 0 Å². The zero-order chi connectivity index (χ0) is 24.9. The molecule has 0 spiro atoms. The van der Waals surface area contributed by atoms with Crippen LogP contribution in [0.3, 0.4) is 0 Å². The predicted octanol–water partition coefficient (Wildman–Crippen LogP) is 5.01. The predicted molar refractivity (Wildman–Crippen MR) is 121 cm³/mol.